The van der Waals surface area contributed by atoms with Crippen LogP contribution in [-0.4, -0.2) is 47.8 Å². The summed E-state index contributed by atoms with van der Waals surface area (Å²) in [6, 6.07) is 8.99. The van der Waals surface area contributed by atoms with Crippen LogP contribution in [0.15, 0.2) is 29.3 Å². The lowest BCUT2D eigenvalue weighted by molar-refractivity contribution is 0.476. The molecule has 28 heavy (non-hydrogen) atoms. The number of aryl methyl sites for hydroxylation is 2. The second-order valence-corrected chi connectivity index (χ2v) is 7.74. The molecule has 0 radical (unpaired) electrons. The summed E-state index contributed by atoms with van der Waals surface area (Å²) in [5, 5.41) is 7.97. The van der Waals surface area contributed by atoms with Gasteiger partial charge in [-0.05, 0) is 50.8 Å². The molecule has 3 rings (SSSR count). The number of nitrogens with zero attached hydrogens (tertiary/aromatic N) is 5. The van der Waals surface area contributed by atoms with Crippen molar-refractivity contribution in [3.63, 3.8) is 0 Å². The molecule has 1 N–H and O–H groups in total. The van der Waals surface area contributed by atoms with Crippen molar-refractivity contribution < 1.29 is 0 Å². The van der Waals surface area contributed by atoms with Gasteiger partial charge >= 0.3 is 0 Å². The predicted molar refractivity (Wildman–Crippen MR) is 117 cm³/mol. The molecule has 2 aromatic rings. The Morgan fingerprint density at radius 1 is 1.14 bits per heavy atom. The molecule has 1 fully saturated rings. The second kappa shape index (κ2) is 9.13. The topological polar surface area (TPSA) is 48.7 Å². The molecule has 0 amide bonds. The van der Waals surface area contributed by atoms with E-state index in [0.29, 0.717) is 0 Å². The largest absolute Gasteiger partial charge is 0.372 e. The van der Waals surface area contributed by atoms with Crippen LogP contribution < -0.4 is 10.2 Å². The number of aliphatic imine (C=N–C) groups is 1. The lowest BCUT2D eigenvalue weighted by Gasteiger charge is -2.29. The molecule has 6 nitrogen and oxygen atoms in total. The van der Waals surface area contributed by atoms with Gasteiger partial charge in [-0.15, -0.1) is 0 Å². The lowest BCUT2D eigenvalue weighted by Crippen LogP contribution is -2.38. The smallest absolute Gasteiger partial charge is 0.193 e. The van der Waals surface area contributed by atoms with E-state index in [1.807, 2.05) is 18.8 Å². The number of rotatable bonds is 5. The molecule has 0 unspecified atom stereocenters. The van der Waals surface area contributed by atoms with E-state index in [-0.39, 0.29) is 0 Å². The molecule has 0 aliphatic carbocycles. The molecule has 0 atom stereocenters. The first-order chi connectivity index (χ1) is 13.5. The summed E-state index contributed by atoms with van der Waals surface area (Å²) in [7, 11) is 5.90. The van der Waals surface area contributed by atoms with Gasteiger partial charge in [-0.2, -0.15) is 5.10 Å². The minimum atomic E-state index is 0.733. The first-order valence-corrected chi connectivity index (χ1v) is 10.2. The van der Waals surface area contributed by atoms with E-state index in [1.165, 1.54) is 54.9 Å². The standard InChI is InChI=1S/C22H34N6/c1-17-21(18(2)27(5)25-17)15-24-22(23-3)26(4)16-19-9-11-20(12-10-19)28-13-7-6-8-14-28/h9-12H,6-8,13-16H2,1-5H3,(H,23,24). The van der Waals surface area contributed by atoms with Crippen LogP contribution in [0.3, 0.4) is 0 Å². The number of aromatic nitrogens is 2. The molecule has 2 heterocycles. The van der Waals surface area contributed by atoms with Crippen LogP contribution >= 0.6 is 0 Å². The molecule has 0 saturated carbocycles. The van der Waals surface area contributed by atoms with Gasteiger partial charge in [0, 0.05) is 64.3 Å². The minimum Gasteiger partial charge on any atom is -0.372 e. The number of hydrogen-bond acceptors (Lipinski definition) is 3. The van der Waals surface area contributed by atoms with E-state index in [9.17, 15) is 0 Å². The molecule has 0 bridgehead atoms. The van der Waals surface area contributed by atoms with Crippen LogP contribution in [-0.2, 0) is 20.1 Å². The van der Waals surface area contributed by atoms with Crippen molar-refractivity contribution in [2.75, 3.05) is 32.1 Å². The van der Waals surface area contributed by atoms with Gasteiger partial charge in [0.05, 0.1) is 5.69 Å². The van der Waals surface area contributed by atoms with Crippen LogP contribution in [0.2, 0.25) is 0 Å². The number of piperidine rings is 1. The Balaban J connectivity index is 1.58. The SMILES string of the molecule is CN=C(NCc1c(C)nn(C)c1C)N(C)Cc1ccc(N2CCCCC2)cc1. The van der Waals surface area contributed by atoms with Crippen LogP contribution in [0.5, 0.6) is 0 Å². The summed E-state index contributed by atoms with van der Waals surface area (Å²) < 4.78 is 1.93. The van der Waals surface area contributed by atoms with Crippen molar-refractivity contribution >= 4 is 11.6 Å². The van der Waals surface area contributed by atoms with Gasteiger partial charge in [0.1, 0.15) is 0 Å². The third kappa shape index (κ3) is 4.66. The normalized spacial score (nSPS) is 15.0. The average Bonchev–Trinajstić information content (AvgIpc) is 2.95. The first-order valence-electron chi connectivity index (χ1n) is 10.2. The number of guanidine groups is 1. The monoisotopic (exact) mass is 382 g/mol. The molecule has 1 saturated heterocycles. The molecule has 1 aliphatic heterocycles. The van der Waals surface area contributed by atoms with Crippen molar-refractivity contribution in [2.45, 2.75) is 46.2 Å². The zero-order valence-electron chi connectivity index (χ0n) is 18.0. The van der Waals surface area contributed by atoms with E-state index < -0.39 is 0 Å². The molecule has 152 valence electrons. The zero-order chi connectivity index (χ0) is 20.1. The third-order valence-corrected chi connectivity index (χ3v) is 5.73. The molecular weight excluding hydrogens is 348 g/mol. The highest BCUT2D eigenvalue weighted by Crippen LogP contribution is 2.20. The van der Waals surface area contributed by atoms with Crippen LogP contribution in [0.4, 0.5) is 5.69 Å². The van der Waals surface area contributed by atoms with Gasteiger partial charge in [0.2, 0.25) is 0 Å². The van der Waals surface area contributed by atoms with Crippen molar-refractivity contribution in [3.05, 3.63) is 46.8 Å². The summed E-state index contributed by atoms with van der Waals surface area (Å²) in [6.45, 7) is 8.08. The summed E-state index contributed by atoms with van der Waals surface area (Å²) in [4.78, 5) is 9.11. The molecule has 0 spiro atoms. The Hall–Kier alpha value is -2.50. The maximum atomic E-state index is 4.49. The number of nitrogens with one attached hydrogen (secondary N) is 1. The highest BCUT2D eigenvalue weighted by atomic mass is 15.3. The van der Waals surface area contributed by atoms with Crippen molar-refractivity contribution in [1.29, 1.82) is 0 Å². The van der Waals surface area contributed by atoms with Crippen LogP contribution in [0.1, 0.15) is 41.8 Å². The number of benzene rings is 1. The summed E-state index contributed by atoms with van der Waals surface area (Å²) >= 11 is 0. The first kappa shape index (κ1) is 20.2. The average molecular weight is 383 g/mol. The van der Waals surface area contributed by atoms with Gasteiger partial charge in [-0.3, -0.25) is 9.67 Å². The van der Waals surface area contributed by atoms with Gasteiger partial charge in [-0.25, -0.2) is 0 Å². The van der Waals surface area contributed by atoms with E-state index >= 15 is 0 Å². The van der Waals surface area contributed by atoms with Crippen LogP contribution in [0, 0.1) is 13.8 Å². The van der Waals surface area contributed by atoms with Crippen molar-refractivity contribution in [3.8, 4) is 0 Å². The van der Waals surface area contributed by atoms with E-state index in [4.69, 9.17) is 0 Å². The Morgan fingerprint density at radius 2 is 1.82 bits per heavy atom. The maximum Gasteiger partial charge on any atom is 0.193 e. The summed E-state index contributed by atoms with van der Waals surface area (Å²) in [5.74, 6) is 0.891. The molecule has 1 aromatic carbocycles. The fourth-order valence-corrected chi connectivity index (χ4v) is 3.94. The number of hydrogen-bond donors (Lipinski definition) is 1. The second-order valence-electron chi connectivity index (χ2n) is 7.74. The lowest BCUT2D eigenvalue weighted by atomic mass is 10.1. The van der Waals surface area contributed by atoms with Gasteiger partial charge in [-0.1, -0.05) is 12.1 Å². The highest BCUT2D eigenvalue weighted by molar-refractivity contribution is 5.79. The Morgan fingerprint density at radius 3 is 2.39 bits per heavy atom. The molecular formula is C22H34N6. The minimum absolute atomic E-state index is 0.733. The predicted octanol–water partition coefficient (Wildman–Crippen LogP) is 3.23. The number of anilines is 1. The molecule has 6 heteroatoms. The van der Waals surface area contributed by atoms with E-state index in [1.54, 1.807) is 0 Å². The van der Waals surface area contributed by atoms with Crippen molar-refractivity contribution in [2.24, 2.45) is 12.0 Å². The van der Waals surface area contributed by atoms with Crippen LogP contribution in [0.25, 0.3) is 0 Å². The fraction of sp³-hybridized carbons (Fsp3) is 0.545. The fourth-order valence-electron chi connectivity index (χ4n) is 3.94. The third-order valence-electron chi connectivity index (χ3n) is 5.73. The Labute approximate surface area is 169 Å². The van der Waals surface area contributed by atoms with E-state index in [2.05, 4.69) is 70.4 Å². The van der Waals surface area contributed by atoms with Gasteiger partial charge in [0.25, 0.3) is 0 Å². The van der Waals surface area contributed by atoms with E-state index in [0.717, 1.165) is 24.7 Å². The highest BCUT2D eigenvalue weighted by Gasteiger charge is 2.13. The molecule has 1 aliphatic rings. The Bertz CT molecular complexity index is 799. The summed E-state index contributed by atoms with van der Waals surface area (Å²) in [6.07, 6.45) is 3.98. The van der Waals surface area contributed by atoms with Gasteiger partial charge in [0.15, 0.2) is 5.96 Å². The Kier molecular flexibility index (Phi) is 6.60. The van der Waals surface area contributed by atoms with Gasteiger partial charge < -0.3 is 15.1 Å². The molecule has 1 aromatic heterocycles. The summed E-state index contributed by atoms with van der Waals surface area (Å²) in [5.41, 5.74) is 6.13. The van der Waals surface area contributed by atoms with Crippen molar-refractivity contribution in [1.82, 2.24) is 20.0 Å². The quantitative estimate of drug-likeness (QED) is 0.637. The zero-order valence-corrected chi connectivity index (χ0v) is 18.0. The maximum absolute atomic E-state index is 4.49.